The van der Waals surface area contributed by atoms with E-state index in [4.69, 9.17) is 9.72 Å². The van der Waals surface area contributed by atoms with Crippen molar-refractivity contribution in [3.05, 3.63) is 92.2 Å². The van der Waals surface area contributed by atoms with Gasteiger partial charge in [-0.25, -0.2) is 4.98 Å². The summed E-state index contributed by atoms with van der Waals surface area (Å²) in [6, 6.07) is 19.9. The average Bonchev–Trinajstić information content (AvgIpc) is 2.74. The summed E-state index contributed by atoms with van der Waals surface area (Å²) in [6.07, 6.45) is 0.725. The van der Waals surface area contributed by atoms with Gasteiger partial charge in [0.25, 0.3) is 5.56 Å². The highest BCUT2D eigenvalue weighted by Gasteiger charge is 2.15. The summed E-state index contributed by atoms with van der Waals surface area (Å²) < 4.78 is 7.91. The van der Waals surface area contributed by atoms with Crippen LogP contribution in [0.5, 0.6) is 5.75 Å². The van der Waals surface area contributed by atoms with Crippen LogP contribution in [0.3, 0.4) is 0 Å². The molecule has 0 bridgehead atoms. The highest BCUT2D eigenvalue weighted by molar-refractivity contribution is 9.10. The van der Waals surface area contributed by atoms with Crippen molar-refractivity contribution in [1.29, 1.82) is 0 Å². The van der Waals surface area contributed by atoms with E-state index in [0.29, 0.717) is 23.3 Å². The minimum Gasteiger partial charge on any atom is -0.497 e. The number of halogens is 1. The summed E-state index contributed by atoms with van der Waals surface area (Å²) in [5.74, 6) is 1.53. The first kappa shape index (κ1) is 20.4. The van der Waals surface area contributed by atoms with Crippen LogP contribution in [0.15, 0.2) is 69.9 Å². The molecule has 0 saturated heterocycles. The minimum absolute atomic E-state index is 0.0233. The molecule has 5 heteroatoms. The second kappa shape index (κ2) is 8.44. The lowest BCUT2D eigenvalue weighted by molar-refractivity contribution is 0.414. The fourth-order valence-corrected chi connectivity index (χ4v) is 4.06. The topological polar surface area (TPSA) is 44.1 Å². The number of aryl methyl sites for hydroxylation is 3. The van der Waals surface area contributed by atoms with Crippen molar-refractivity contribution in [2.75, 3.05) is 7.11 Å². The van der Waals surface area contributed by atoms with Gasteiger partial charge in [0.2, 0.25) is 0 Å². The Balaban J connectivity index is 1.84. The molecule has 0 unspecified atom stereocenters. The van der Waals surface area contributed by atoms with E-state index in [9.17, 15) is 4.79 Å². The molecule has 0 aliphatic rings. The summed E-state index contributed by atoms with van der Waals surface area (Å²) in [6.45, 7) is 4.68. The molecule has 0 atom stereocenters. The average molecular weight is 463 g/mol. The second-order valence-electron chi connectivity index (χ2n) is 7.47. The van der Waals surface area contributed by atoms with Crippen molar-refractivity contribution in [2.24, 2.45) is 0 Å². The van der Waals surface area contributed by atoms with Gasteiger partial charge in [-0.1, -0.05) is 51.8 Å². The van der Waals surface area contributed by atoms with Crippen molar-refractivity contribution in [1.82, 2.24) is 9.55 Å². The first-order chi connectivity index (χ1) is 14.5. The van der Waals surface area contributed by atoms with Gasteiger partial charge in [0, 0.05) is 16.6 Å². The van der Waals surface area contributed by atoms with Gasteiger partial charge >= 0.3 is 0 Å². The lowest BCUT2D eigenvalue weighted by atomic mass is 10.0. The molecule has 0 radical (unpaired) electrons. The van der Waals surface area contributed by atoms with Crippen LogP contribution in [0.1, 0.15) is 16.7 Å². The maximum atomic E-state index is 13.5. The van der Waals surface area contributed by atoms with Crippen molar-refractivity contribution < 1.29 is 4.74 Å². The van der Waals surface area contributed by atoms with Crippen LogP contribution < -0.4 is 10.3 Å². The minimum atomic E-state index is -0.0233. The van der Waals surface area contributed by atoms with Crippen LogP contribution in [0.2, 0.25) is 0 Å². The molecule has 0 fully saturated rings. The number of hydrogen-bond donors (Lipinski definition) is 0. The van der Waals surface area contributed by atoms with Gasteiger partial charge in [-0.05, 0) is 61.7 Å². The summed E-state index contributed by atoms with van der Waals surface area (Å²) in [5, 5.41) is 0.618. The first-order valence-electron chi connectivity index (χ1n) is 9.87. The van der Waals surface area contributed by atoms with E-state index in [1.54, 1.807) is 11.7 Å². The molecule has 30 heavy (non-hydrogen) atoms. The number of rotatable bonds is 5. The van der Waals surface area contributed by atoms with Gasteiger partial charge in [-0.2, -0.15) is 0 Å². The highest BCUT2D eigenvalue weighted by Crippen LogP contribution is 2.25. The number of fused-ring (bicyclic) bond motifs is 1. The Hall–Kier alpha value is -2.92. The molecule has 0 N–H and O–H groups in total. The van der Waals surface area contributed by atoms with Gasteiger partial charge in [-0.15, -0.1) is 0 Å². The standard InChI is InChI=1S/C25H23BrN2O2/c1-16-4-10-21(17(2)14-16)24-27-23-11-7-19(26)15-22(23)25(29)28(24)13-12-18-5-8-20(30-3)9-6-18/h4-11,14-15H,12-13H2,1-3H3. The van der Waals surface area contributed by atoms with Gasteiger partial charge < -0.3 is 4.74 Å². The van der Waals surface area contributed by atoms with Crippen LogP contribution >= 0.6 is 15.9 Å². The Bertz CT molecular complexity index is 1280. The molecule has 3 aromatic carbocycles. The third kappa shape index (κ3) is 4.03. The molecule has 0 amide bonds. The molecule has 0 aliphatic carbocycles. The highest BCUT2D eigenvalue weighted by atomic mass is 79.9. The Labute approximate surface area is 184 Å². The monoisotopic (exact) mass is 462 g/mol. The smallest absolute Gasteiger partial charge is 0.261 e. The Kier molecular flexibility index (Phi) is 5.73. The van der Waals surface area contributed by atoms with Crippen molar-refractivity contribution >= 4 is 26.8 Å². The van der Waals surface area contributed by atoms with E-state index in [1.807, 2.05) is 42.5 Å². The molecule has 0 saturated carbocycles. The van der Waals surface area contributed by atoms with Gasteiger partial charge in [0.05, 0.1) is 18.0 Å². The van der Waals surface area contributed by atoms with Gasteiger partial charge in [0.15, 0.2) is 0 Å². The Morgan fingerprint density at radius 3 is 2.47 bits per heavy atom. The zero-order valence-corrected chi connectivity index (χ0v) is 18.9. The van der Waals surface area contributed by atoms with Crippen LogP contribution in [-0.4, -0.2) is 16.7 Å². The fourth-order valence-electron chi connectivity index (χ4n) is 3.70. The van der Waals surface area contributed by atoms with E-state index in [2.05, 4.69) is 48.0 Å². The lowest BCUT2D eigenvalue weighted by Crippen LogP contribution is -2.24. The summed E-state index contributed by atoms with van der Waals surface area (Å²) in [7, 11) is 1.66. The van der Waals surface area contributed by atoms with E-state index in [1.165, 1.54) is 5.56 Å². The number of ether oxygens (including phenoxy) is 1. The van der Waals surface area contributed by atoms with Crippen LogP contribution in [0.25, 0.3) is 22.3 Å². The van der Waals surface area contributed by atoms with E-state index < -0.39 is 0 Å². The first-order valence-corrected chi connectivity index (χ1v) is 10.7. The molecular weight excluding hydrogens is 440 g/mol. The third-order valence-corrected chi connectivity index (χ3v) is 5.82. The number of aromatic nitrogens is 2. The predicted octanol–water partition coefficient (Wildman–Crippen LogP) is 5.69. The van der Waals surface area contributed by atoms with Crippen LogP contribution in [0.4, 0.5) is 0 Å². The van der Waals surface area contributed by atoms with E-state index in [0.717, 1.165) is 33.3 Å². The number of methoxy groups -OCH3 is 1. The van der Waals surface area contributed by atoms with Crippen LogP contribution in [0, 0.1) is 13.8 Å². The SMILES string of the molecule is COc1ccc(CCn2c(-c3ccc(C)cc3C)nc3ccc(Br)cc3c2=O)cc1. The molecule has 152 valence electrons. The normalized spacial score (nSPS) is 11.1. The molecule has 0 aliphatic heterocycles. The number of hydrogen-bond acceptors (Lipinski definition) is 3. The second-order valence-corrected chi connectivity index (χ2v) is 8.39. The van der Waals surface area contributed by atoms with E-state index >= 15 is 0 Å². The summed E-state index contributed by atoms with van der Waals surface area (Å²) in [5.41, 5.74) is 5.11. The zero-order chi connectivity index (χ0) is 21.3. The van der Waals surface area contributed by atoms with E-state index in [-0.39, 0.29) is 5.56 Å². The van der Waals surface area contributed by atoms with Crippen molar-refractivity contribution in [3.63, 3.8) is 0 Å². The maximum absolute atomic E-state index is 13.5. The third-order valence-electron chi connectivity index (χ3n) is 5.32. The number of benzene rings is 3. The maximum Gasteiger partial charge on any atom is 0.261 e. The number of nitrogens with zero attached hydrogens (tertiary/aromatic N) is 2. The molecule has 4 aromatic rings. The molecule has 4 rings (SSSR count). The zero-order valence-electron chi connectivity index (χ0n) is 17.3. The molecule has 1 heterocycles. The quantitative estimate of drug-likeness (QED) is 0.382. The molecule has 4 nitrogen and oxygen atoms in total. The van der Waals surface area contributed by atoms with Crippen LogP contribution in [-0.2, 0) is 13.0 Å². The molecule has 0 spiro atoms. The molecule has 1 aromatic heterocycles. The Morgan fingerprint density at radius 1 is 1.00 bits per heavy atom. The van der Waals surface area contributed by atoms with Gasteiger partial charge in [0.1, 0.15) is 11.6 Å². The fraction of sp³-hybridized carbons (Fsp3) is 0.200. The summed E-state index contributed by atoms with van der Waals surface area (Å²) >= 11 is 3.48. The lowest BCUT2D eigenvalue weighted by Gasteiger charge is -2.16. The Morgan fingerprint density at radius 2 is 1.77 bits per heavy atom. The van der Waals surface area contributed by atoms with Crippen molar-refractivity contribution in [3.8, 4) is 17.1 Å². The van der Waals surface area contributed by atoms with Gasteiger partial charge in [-0.3, -0.25) is 9.36 Å². The summed E-state index contributed by atoms with van der Waals surface area (Å²) in [4.78, 5) is 18.4. The predicted molar refractivity (Wildman–Crippen MR) is 125 cm³/mol. The molecular formula is C25H23BrN2O2. The van der Waals surface area contributed by atoms with Crippen molar-refractivity contribution in [2.45, 2.75) is 26.8 Å². The largest absolute Gasteiger partial charge is 0.497 e.